The van der Waals surface area contributed by atoms with Crippen LogP contribution in [0, 0.1) is 13.8 Å². The summed E-state index contributed by atoms with van der Waals surface area (Å²) in [4.78, 5) is 36.8. The van der Waals surface area contributed by atoms with Crippen LogP contribution in [0.1, 0.15) is 22.3 Å². The number of thioether (sulfide) groups is 1. The quantitative estimate of drug-likeness (QED) is 0.476. The molecule has 1 amide bonds. The van der Waals surface area contributed by atoms with Crippen LogP contribution in [0.15, 0.2) is 51.7 Å². The van der Waals surface area contributed by atoms with E-state index in [1.807, 2.05) is 43.3 Å². The number of aryl methyl sites for hydroxylation is 2. The predicted octanol–water partition coefficient (Wildman–Crippen LogP) is 3.46. The Balaban J connectivity index is 1.74. The highest BCUT2D eigenvalue weighted by Crippen LogP contribution is 2.30. The van der Waals surface area contributed by atoms with Crippen molar-refractivity contribution in [1.29, 1.82) is 0 Å². The number of amides is 1. The number of ether oxygens (including phenoxy) is 1. The van der Waals surface area contributed by atoms with Gasteiger partial charge in [0.25, 0.3) is 0 Å². The Morgan fingerprint density at radius 2 is 1.91 bits per heavy atom. The third-order valence-corrected chi connectivity index (χ3v) is 6.18. The number of rotatable bonds is 9. The summed E-state index contributed by atoms with van der Waals surface area (Å²) in [6, 6.07) is 12.2. The van der Waals surface area contributed by atoms with Crippen molar-refractivity contribution >= 4 is 34.6 Å². The highest BCUT2D eigenvalue weighted by molar-refractivity contribution is 7.98. The summed E-state index contributed by atoms with van der Waals surface area (Å²) in [6.45, 7) is 3.59. The topological polar surface area (TPSA) is 106 Å². The van der Waals surface area contributed by atoms with E-state index in [9.17, 15) is 19.5 Å². The lowest BCUT2D eigenvalue weighted by Crippen LogP contribution is -2.43. The lowest BCUT2D eigenvalue weighted by Gasteiger charge is -2.15. The first-order valence-corrected chi connectivity index (χ1v) is 11.2. The number of hydrogen-bond donors (Lipinski definition) is 2. The maximum atomic E-state index is 12.6. The van der Waals surface area contributed by atoms with Crippen molar-refractivity contribution in [3.8, 4) is 5.75 Å². The molecule has 2 N–H and O–H groups in total. The van der Waals surface area contributed by atoms with Crippen molar-refractivity contribution in [2.24, 2.45) is 0 Å². The molecular formula is C24H25NO6S. The van der Waals surface area contributed by atoms with E-state index in [0.717, 1.165) is 11.1 Å². The second-order valence-corrected chi connectivity index (χ2v) is 8.50. The summed E-state index contributed by atoms with van der Waals surface area (Å²) in [5.41, 5.74) is 2.46. The van der Waals surface area contributed by atoms with E-state index in [1.54, 1.807) is 13.0 Å². The van der Waals surface area contributed by atoms with Crippen LogP contribution in [0.2, 0.25) is 0 Å². The van der Waals surface area contributed by atoms with E-state index in [1.165, 1.54) is 18.9 Å². The molecule has 7 nitrogen and oxygen atoms in total. The molecule has 8 heteroatoms. The molecule has 32 heavy (non-hydrogen) atoms. The van der Waals surface area contributed by atoms with Gasteiger partial charge in [0.1, 0.15) is 17.4 Å². The Morgan fingerprint density at radius 3 is 2.56 bits per heavy atom. The second kappa shape index (κ2) is 10.4. The minimum Gasteiger partial charge on any atom is -0.496 e. The molecule has 0 spiro atoms. The van der Waals surface area contributed by atoms with Crippen LogP contribution >= 0.6 is 11.8 Å². The molecule has 0 radical (unpaired) electrons. The Labute approximate surface area is 189 Å². The van der Waals surface area contributed by atoms with Gasteiger partial charge in [-0.05, 0) is 42.7 Å². The molecule has 0 aliphatic heterocycles. The lowest BCUT2D eigenvalue weighted by atomic mass is 10.0. The summed E-state index contributed by atoms with van der Waals surface area (Å²) < 4.78 is 10.9. The maximum absolute atomic E-state index is 12.6. The van der Waals surface area contributed by atoms with Crippen molar-refractivity contribution in [1.82, 2.24) is 5.32 Å². The maximum Gasteiger partial charge on any atom is 0.340 e. The van der Waals surface area contributed by atoms with Crippen LogP contribution in [-0.4, -0.2) is 35.9 Å². The molecule has 0 fully saturated rings. The average molecular weight is 456 g/mol. The molecule has 1 aromatic heterocycles. The lowest BCUT2D eigenvalue weighted by molar-refractivity contribution is -0.141. The minimum absolute atomic E-state index is 0.179. The largest absolute Gasteiger partial charge is 0.496 e. The first kappa shape index (κ1) is 23.4. The fraction of sp³-hybridized carbons (Fsp3) is 0.292. The SMILES string of the molecule is COc1cc(C)cc2oc(=O)c(CC(=O)N[C@@H](CSCc3ccccc3)C(=O)O)c(C)c12. The number of nitrogens with one attached hydrogen (secondary N) is 1. The number of carboxylic acids is 1. The Hall–Kier alpha value is -3.26. The van der Waals surface area contributed by atoms with Crippen LogP contribution in [-0.2, 0) is 21.8 Å². The molecule has 1 atom stereocenters. The molecule has 0 aliphatic carbocycles. The third kappa shape index (κ3) is 5.50. The molecule has 3 rings (SSSR count). The van der Waals surface area contributed by atoms with Crippen LogP contribution in [0.4, 0.5) is 0 Å². The number of aliphatic carboxylic acids is 1. The Kier molecular flexibility index (Phi) is 7.58. The third-order valence-electron chi connectivity index (χ3n) is 5.07. The normalized spacial score (nSPS) is 11.8. The van der Waals surface area contributed by atoms with Gasteiger partial charge in [-0.25, -0.2) is 9.59 Å². The van der Waals surface area contributed by atoms with Crippen LogP contribution < -0.4 is 15.7 Å². The molecular weight excluding hydrogens is 430 g/mol. The van der Waals surface area contributed by atoms with Gasteiger partial charge in [-0.15, -0.1) is 0 Å². The van der Waals surface area contributed by atoms with E-state index in [0.29, 0.717) is 28.0 Å². The minimum atomic E-state index is -1.13. The van der Waals surface area contributed by atoms with Crippen LogP contribution in [0.5, 0.6) is 5.75 Å². The highest BCUT2D eigenvalue weighted by Gasteiger charge is 2.23. The molecule has 0 aliphatic rings. The monoisotopic (exact) mass is 455 g/mol. The van der Waals surface area contributed by atoms with Gasteiger partial charge in [-0.3, -0.25) is 4.79 Å². The Bertz CT molecular complexity index is 1190. The molecule has 0 saturated heterocycles. The molecule has 168 valence electrons. The van der Waals surface area contributed by atoms with Crippen molar-refractivity contribution in [2.45, 2.75) is 32.1 Å². The summed E-state index contributed by atoms with van der Waals surface area (Å²) >= 11 is 1.41. The summed E-state index contributed by atoms with van der Waals surface area (Å²) in [5.74, 6) is -0.304. The fourth-order valence-corrected chi connectivity index (χ4v) is 4.46. The first-order chi connectivity index (χ1) is 15.3. The summed E-state index contributed by atoms with van der Waals surface area (Å²) in [7, 11) is 1.52. The van der Waals surface area contributed by atoms with Crippen molar-refractivity contribution in [3.05, 3.63) is 75.1 Å². The van der Waals surface area contributed by atoms with E-state index in [-0.39, 0.29) is 17.7 Å². The molecule has 0 saturated carbocycles. The van der Waals surface area contributed by atoms with Gasteiger partial charge in [-0.1, -0.05) is 30.3 Å². The second-order valence-electron chi connectivity index (χ2n) is 7.47. The van der Waals surface area contributed by atoms with E-state index < -0.39 is 23.5 Å². The number of methoxy groups -OCH3 is 1. The van der Waals surface area contributed by atoms with E-state index in [2.05, 4.69) is 5.32 Å². The number of benzene rings is 2. The van der Waals surface area contributed by atoms with Crippen LogP contribution in [0.3, 0.4) is 0 Å². The van der Waals surface area contributed by atoms with Crippen molar-refractivity contribution < 1.29 is 23.8 Å². The summed E-state index contributed by atoms with van der Waals surface area (Å²) in [6.07, 6.45) is -0.283. The van der Waals surface area contributed by atoms with Gasteiger partial charge < -0.3 is 19.6 Å². The fourth-order valence-electron chi connectivity index (χ4n) is 3.45. The first-order valence-electron chi connectivity index (χ1n) is 10.0. The number of carbonyl (C=O) groups is 2. The van der Waals surface area contributed by atoms with Crippen molar-refractivity contribution in [3.63, 3.8) is 0 Å². The molecule has 0 unspecified atom stereocenters. The van der Waals surface area contributed by atoms with E-state index >= 15 is 0 Å². The zero-order valence-electron chi connectivity index (χ0n) is 18.1. The van der Waals surface area contributed by atoms with Gasteiger partial charge in [0.15, 0.2) is 0 Å². The highest BCUT2D eigenvalue weighted by atomic mass is 32.2. The van der Waals surface area contributed by atoms with Gasteiger partial charge in [0.05, 0.1) is 24.5 Å². The van der Waals surface area contributed by atoms with Gasteiger partial charge >= 0.3 is 11.6 Å². The number of hydrogen-bond acceptors (Lipinski definition) is 6. The molecule has 3 aromatic rings. The number of carboxylic acid groups (broad SMARTS) is 1. The Morgan fingerprint density at radius 1 is 1.19 bits per heavy atom. The van der Waals surface area contributed by atoms with E-state index in [4.69, 9.17) is 9.15 Å². The van der Waals surface area contributed by atoms with Crippen molar-refractivity contribution in [2.75, 3.05) is 12.9 Å². The number of carbonyl (C=O) groups excluding carboxylic acids is 1. The zero-order valence-corrected chi connectivity index (χ0v) is 19.0. The van der Waals surface area contributed by atoms with Crippen LogP contribution in [0.25, 0.3) is 11.0 Å². The zero-order chi connectivity index (χ0) is 23.3. The molecule has 2 aromatic carbocycles. The smallest absolute Gasteiger partial charge is 0.340 e. The van der Waals surface area contributed by atoms with Gasteiger partial charge in [0.2, 0.25) is 5.91 Å². The molecule has 0 bridgehead atoms. The predicted molar refractivity (Wildman–Crippen MR) is 124 cm³/mol. The average Bonchev–Trinajstić information content (AvgIpc) is 2.75. The van der Waals surface area contributed by atoms with Gasteiger partial charge in [0, 0.05) is 11.5 Å². The summed E-state index contributed by atoms with van der Waals surface area (Å²) in [5, 5.41) is 12.6. The molecule has 1 heterocycles. The number of fused-ring (bicyclic) bond motifs is 1. The standard InChI is InChI=1S/C24H25NO6S/c1-14-9-19(30-3)22-15(2)17(24(29)31-20(22)10-14)11-21(26)25-18(23(27)28)13-32-12-16-7-5-4-6-8-16/h4-10,18H,11-13H2,1-3H3,(H,25,26)(H,27,28)/t18-/m0/s1. The van der Waals surface area contributed by atoms with Gasteiger partial charge in [-0.2, -0.15) is 11.8 Å².